The molecule has 2 rings (SSSR count). The Bertz CT molecular complexity index is 531. The molecule has 2 aromatic rings. The number of nitrogens with zero attached hydrogens (tertiary/aromatic N) is 3. The summed E-state index contributed by atoms with van der Waals surface area (Å²) in [5.74, 6) is -0.952. The minimum atomic E-state index is -1.15. The maximum atomic E-state index is 10.8. The molecule has 2 aromatic heterocycles. The molecule has 0 saturated carbocycles. The number of aromatic nitrogens is 3. The molecule has 0 atom stereocenters. The largest absolute Gasteiger partial charge is 0.477 e. The number of carboxylic acids is 1. The normalized spacial score (nSPS) is 10.1. The molecule has 0 bridgehead atoms. The van der Waals surface area contributed by atoms with E-state index < -0.39 is 5.97 Å². The van der Waals surface area contributed by atoms with Crippen LogP contribution in [0.15, 0.2) is 30.5 Å². The summed E-state index contributed by atoms with van der Waals surface area (Å²) >= 11 is 5.70. The van der Waals surface area contributed by atoms with Gasteiger partial charge >= 0.3 is 5.97 Å². The van der Waals surface area contributed by atoms with Gasteiger partial charge in [-0.25, -0.2) is 14.8 Å². The van der Waals surface area contributed by atoms with E-state index in [1.807, 2.05) is 0 Å². The van der Waals surface area contributed by atoms with Crippen molar-refractivity contribution >= 4 is 17.6 Å². The van der Waals surface area contributed by atoms with E-state index >= 15 is 0 Å². The van der Waals surface area contributed by atoms with Crippen LogP contribution in [0.2, 0.25) is 5.15 Å². The van der Waals surface area contributed by atoms with Crippen molar-refractivity contribution in [1.82, 2.24) is 15.0 Å². The van der Waals surface area contributed by atoms with Crippen LogP contribution >= 0.6 is 11.6 Å². The molecule has 80 valence electrons. The highest BCUT2D eigenvalue weighted by Crippen LogP contribution is 2.15. The number of carbonyl (C=O) groups is 1. The maximum absolute atomic E-state index is 10.8. The second-order valence-corrected chi connectivity index (χ2v) is 3.31. The van der Waals surface area contributed by atoms with Crippen LogP contribution in [-0.2, 0) is 0 Å². The smallest absolute Gasteiger partial charge is 0.354 e. The molecule has 0 fully saturated rings. The Morgan fingerprint density at radius 2 is 2.12 bits per heavy atom. The first-order valence-electron chi connectivity index (χ1n) is 4.36. The van der Waals surface area contributed by atoms with Crippen molar-refractivity contribution in [3.8, 4) is 11.5 Å². The number of hydrogen-bond donors (Lipinski definition) is 1. The topological polar surface area (TPSA) is 76.0 Å². The van der Waals surface area contributed by atoms with E-state index in [1.165, 1.54) is 6.07 Å². The lowest BCUT2D eigenvalue weighted by Gasteiger charge is -2.01. The van der Waals surface area contributed by atoms with Gasteiger partial charge < -0.3 is 5.11 Å². The van der Waals surface area contributed by atoms with Crippen LogP contribution in [0.25, 0.3) is 11.5 Å². The molecule has 0 unspecified atom stereocenters. The van der Waals surface area contributed by atoms with Gasteiger partial charge in [0.2, 0.25) is 0 Å². The third-order valence-corrected chi connectivity index (χ3v) is 2.00. The van der Waals surface area contributed by atoms with E-state index in [9.17, 15) is 4.79 Å². The van der Waals surface area contributed by atoms with E-state index in [4.69, 9.17) is 16.7 Å². The fourth-order valence-electron chi connectivity index (χ4n) is 1.14. The summed E-state index contributed by atoms with van der Waals surface area (Å²) < 4.78 is 0. The Balaban J connectivity index is 2.54. The molecule has 0 amide bonds. The minimum absolute atomic E-state index is 0.0769. The Morgan fingerprint density at radius 1 is 1.31 bits per heavy atom. The zero-order valence-electron chi connectivity index (χ0n) is 7.96. The van der Waals surface area contributed by atoms with Crippen molar-refractivity contribution in [2.45, 2.75) is 0 Å². The average Bonchev–Trinajstić information content (AvgIpc) is 2.29. The Hall–Kier alpha value is -2.01. The summed E-state index contributed by atoms with van der Waals surface area (Å²) in [5.41, 5.74) is 0.327. The summed E-state index contributed by atoms with van der Waals surface area (Å²) in [6, 6.07) is 6.37. The van der Waals surface area contributed by atoms with Crippen LogP contribution in [-0.4, -0.2) is 26.0 Å². The van der Waals surface area contributed by atoms with Crippen molar-refractivity contribution in [1.29, 1.82) is 0 Å². The van der Waals surface area contributed by atoms with Crippen molar-refractivity contribution < 1.29 is 9.90 Å². The van der Waals surface area contributed by atoms with Gasteiger partial charge in [0.25, 0.3) is 0 Å². The highest BCUT2D eigenvalue weighted by Gasteiger charge is 2.11. The van der Waals surface area contributed by atoms with Crippen LogP contribution in [0.3, 0.4) is 0 Å². The van der Waals surface area contributed by atoms with E-state index in [0.29, 0.717) is 5.69 Å². The molecule has 0 aromatic carbocycles. The first-order valence-corrected chi connectivity index (χ1v) is 4.74. The number of rotatable bonds is 2. The Kier molecular flexibility index (Phi) is 2.78. The van der Waals surface area contributed by atoms with Gasteiger partial charge in [-0.3, -0.25) is 4.98 Å². The fourth-order valence-corrected chi connectivity index (χ4v) is 1.32. The van der Waals surface area contributed by atoms with Crippen LogP contribution in [0.5, 0.6) is 0 Å². The van der Waals surface area contributed by atoms with Gasteiger partial charge in [-0.05, 0) is 12.1 Å². The number of hydrogen-bond acceptors (Lipinski definition) is 4. The lowest BCUT2D eigenvalue weighted by Crippen LogP contribution is -2.03. The molecule has 0 aliphatic carbocycles. The van der Waals surface area contributed by atoms with Gasteiger partial charge in [0.15, 0.2) is 11.5 Å². The van der Waals surface area contributed by atoms with E-state index in [-0.39, 0.29) is 16.7 Å². The molecule has 0 aliphatic heterocycles. The van der Waals surface area contributed by atoms with Gasteiger partial charge in [0.05, 0.1) is 0 Å². The molecule has 0 aliphatic rings. The number of carboxylic acid groups (broad SMARTS) is 1. The van der Waals surface area contributed by atoms with Gasteiger partial charge in [0, 0.05) is 12.3 Å². The molecule has 0 radical (unpaired) electrons. The Morgan fingerprint density at radius 3 is 2.75 bits per heavy atom. The molecule has 5 nitrogen and oxygen atoms in total. The average molecular weight is 236 g/mol. The second-order valence-electron chi connectivity index (χ2n) is 2.92. The quantitative estimate of drug-likeness (QED) is 0.805. The van der Waals surface area contributed by atoms with Gasteiger partial charge in [0.1, 0.15) is 10.8 Å². The van der Waals surface area contributed by atoms with Gasteiger partial charge in [-0.2, -0.15) is 0 Å². The lowest BCUT2D eigenvalue weighted by atomic mass is 10.3. The molecule has 6 heteroatoms. The number of aromatic carboxylic acids is 1. The summed E-state index contributed by atoms with van der Waals surface area (Å²) in [7, 11) is 0. The molecule has 0 spiro atoms. The van der Waals surface area contributed by atoms with Crippen LogP contribution in [0.4, 0.5) is 0 Å². The predicted molar refractivity (Wildman–Crippen MR) is 57.2 cm³/mol. The lowest BCUT2D eigenvalue weighted by molar-refractivity contribution is 0.0690. The summed E-state index contributed by atoms with van der Waals surface area (Å²) in [6.45, 7) is 0. The highest BCUT2D eigenvalue weighted by atomic mass is 35.5. The zero-order chi connectivity index (χ0) is 11.5. The molecule has 16 heavy (non-hydrogen) atoms. The summed E-state index contributed by atoms with van der Waals surface area (Å²) in [5, 5.41) is 8.89. The van der Waals surface area contributed by atoms with Gasteiger partial charge in [-0.1, -0.05) is 17.7 Å². The van der Waals surface area contributed by atoms with Crippen LogP contribution in [0.1, 0.15) is 10.5 Å². The molecule has 1 N–H and O–H groups in total. The molecular weight excluding hydrogens is 230 g/mol. The van der Waals surface area contributed by atoms with Crippen LogP contribution in [0, 0.1) is 0 Å². The second kappa shape index (κ2) is 4.24. The van der Waals surface area contributed by atoms with Gasteiger partial charge in [-0.15, -0.1) is 0 Å². The highest BCUT2D eigenvalue weighted by molar-refractivity contribution is 6.29. The molecule has 2 heterocycles. The predicted octanol–water partition coefficient (Wildman–Crippen LogP) is 1.89. The van der Waals surface area contributed by atoms with Crippen molar-refractivity contribution in [3.63, 3.8) is 0 Å². The molecular formula is C10H6ClN3O2. The van der Waals surface area contributed by atoms with Crippen molar-refractivity contribution in [3.05, 3.63) is 41.3 Å². The third-order valence-electron chi connectivity index (χ3n) is 1.81. The fraction of sp³-hybridized carbons (Fsp3) is 0. The van der Waals surface area contributed by atoms with Crippen molar-refractivity contribution in [2.24, 2.45) is 0 Å². The van der Waals surface area contributed by atoms with Crippen molar-refractivity contribution in [2.75, 3.05) is 0 Å². The molecule has 0 saturated heterocycles. The summed E-state index contributed by atoms with van der Waals surface area (Å²) in [4.78, 5) is 22.5. The summed E-state index contributed by atoms with van der Waals surface area (Å²) in [6.07, 6.45) is 1.57. The van der Waals surface area contributed by atoms with E-state index in [1.54, 1.807) is 24.4 Å². The van der Waals surface area contributed by atoms with Crippen LogP contribution < -0.4 is 0 Å². The minimum Gasteiger partial charge on any atom is -0.477 e. The number of halogens is 1. The Labute approximate surface area is 95.8 Å². The third kappa shape index (κ3) is 2.14. The zero-order valence-corrected chi connectivity index (χ0v) is 8.72. The SMILES string of the molecule is O=C(O)c1cc(Cl)nc(-c2ccccn2)n1. The first kappa shape index (κ1) is 10.5. The number of pyridine rings is 1. The first-order chi connectivity index (χ1) is 7.66. The van der Waals surface area contributed by atoms with E-state index in [0.717, 1.165) is 0 Å². The van der Waals surface area contributed by atoms with E-state index in [2.05, 4.69) is 15.0 Å². The standard InChI is InChI=1S/C10H6ClN3O2/c11-8-5-7(10(15)16)13-9(14-8)6-3-1-2-4-12-6/h1-5H,(H,15,16). The monoisotopic (exact) mass is 235 g/mol. The maximum Gasteiger partial charge on any atom is 0.354 e.